The lowest BCUT2D eigenvalue weighted by Gasteiger charge is -2.16. The van der Waals surface area contributed by atoms with E-state index in [1.165, 1.54) is 32.5 Å². The summed E-state index contributed by atoms with van der Waals surface area (Å²) in [6.45, 7) is 1.74. The quantitative estimate of drug-likeness (QED) is 0.687. The van der Waals surface area contributed by atoms with Crippen LogP contribution < -0.4 is 14.2 Å². The molecule has 9 heteroatoms. The number of benzene rings is 1. The van der Waals surface area contributed by atoms with Crippen molar-refractivity contribution in [3.05, 3.63) is 41.6 Å². The van der Waals surface area contributed by atoms with E-state index in [4.69, 9.17) is 21.1 Å². The molecule has 7 nitrogen and oxygen atoms in total. The Hall–Kier alpha value is -2.32. The number of sulfonamides is 1. The first kappa shape index (κ1) is 20.0. The van der Waals surface area contributed by atoms with E-state index in [1.807, 2.05) is 0 Å². The van der Waals surface area contributed by atoms with Gasteiger partial charge in [-0.05, 0) is 48.2 Å². The van der Waals surface area contributed by atoms with E-state index in [0.717, 1.165) is 0 Å². The van der Waals surface area contributed by atoms with Crippen LogP contribution in [0.25, 0.3) is 0 Å². The third-order valence-electron chi connectivity index (χ3n) is 3.69. The topological polar surface area (TPSA) is 94.6 Å². The number of carbonyl (C=O) groups excluding carboxylic acids is 1. The average molecular weight is 399 g/mol. The Morgan fingerprint density at radius 1 is 1.23 bits per heavy atom. The Kier molecular flexibility index (Phi) is 6.44. The van der Waals surface area contributed by atoms with Gasteiger partial charge in [0.05, 0.1) is 19.1 Å². The highest BCUT2D eigenvalue weighted by Gasteiger charge is 2.23. The summed E-state index contributed by atoms with van der Waals surface area (Å²) in [5.41, 5.74) is 1.06. The molecule has 0 aliphatic heterocycles. The van der Waals surface area contributed by atoms with Gasteiger partial charge in [0.2, 0.25) is 5.24 Å². The van der Waals surface area contributed by atoms with Crippen molar-refractivity contribution in [2.24, 2.45) is 0 Å². The number of methoxy groups -OCH3 is 2. The van der Waals surface area contributed by atoms with Crippen LogP contribution in [0.15, 0.2) is 35.4 Å². The van der Waals surface area contributed by atoms with Crippen molar-refractivity contribution in [2.45, 2.75) is 24.7 Å². The fourth-order valence-electron chi connectivity index (χ4n) is 2.36. The van der Waals surface area contributed by atoms with Crippen molar-refractivity contribution in [1.82, 2.24) is 4.98 Å². The minimum atomic E-state index is -3.97. The summed E-state index contributed by atoms with van der Waals surface area (Å²) in [5.74, 6) is 0.839. The monoisotopic (exact) mass is 398 g/mol. The lowest BCUT2D eigenvalue weighted by atomic mass is 10.1. The second-order valence-corrected chi connectivity index (χ2v) is 7.52. The second-order valence-electron chi connectivity index (χ2n) is 5.44. The van der Waals surface area contributed by atoms with E-state index in [1.54, 1.807) is 19.1 Å². The Balaban J connectivity index is 2.53. The largest absolute Gasteiger partial charge is 0.493 e. The summed E-state index contributed by atoms with van der Waals surface area (Å²) < 4.78 is 38.7. The number of hydrogen-bond acceptors (Lipinski definition) is 6. The number of carbonyl (C=O) groups is 1. The second kappa shape index (κ2) is 8.37. The number of nitrogens with one attached hydrogen (secondary N) is 1. The molecule has 0 fully saturated rings. The molecule has 0 saturated carbocycles. The van der Waals surface area contributed by atoms with Crippen LogP contribution in [-0.2, 0) is 21.2 Å². The molecule has 2 rings (SSSR count). The molecule has 0 saturated heterocycles. The highest BCUT2D eigenvalue weighted by atomic mass is 35.5. The number of rotatable bonds is 8. The van der Waals surface area contributed by atoms with Crippen molar-refractivity contribution < 1.29 is 22.7 Å². The predicted molar refractivity (Wildman–Crippen MR) is 98.5 cm³/mol. The maximum atomic E-state index is 12.9. The molecule has 26 heavy (non-hydrogen) atoms. The number of ether oxygens (including phenoxy) is 2. The minimum Gasteiger partial charge on any atom is -0.493 e. The van der Waals surface area contributed by atoms with Gasteiger partial charge in [-0.3, -0.25) is 9.52 Å². The Morgan fingerprint density at radius 2 is 1.88 bits per heavy atom. The van der Waals surface area contributed by atoms with Gasteiger partial charge < -0.3 is 9.47 Å². The van der Waals surface area contributed by atoms with Gasteiger partial charge >= 0.3 is 0 Å². The summed E-state index contributed by atoms with van der Waals surface area (Å²) in [6.07, 6.45) is 1.62. The lowest BCUT2D eigenvalue weighted by molar-refractivity contribution is -0.111. The summed E-state index contributed by atoms with van der Waals surface area (Å²) >= 11 is 5.41. The number of hydrogen-bond donors (Lipinski definition) is 1. The van der Waals surface area contributed by atoms with Crippen LogP contribution in [0.4, 0.5) is 5.82 Å². The number of pyridine rings is 1. The van der Waals surface area contributed by atoms with Gasteiger partial charge in [0.25, 0.3) is 10.0 Å². The summed E-state index contributed by atoms with van der Waals surface area (Å²) in [7, 11) is -1.12. The third kappa shape index (κ3) is 4.64. The molecule has 1 aromatic heterocycles. The van der Waals surface area contributed by atoms with Crippen molar-refractivity contribution in [3.63, 3.8) is 0 Å². The highest BCUT2D eigenvalue weighted by Crippen LogP contribution is 2.34. The van der Waals surface area contributed by atoms with Crippen LogP contribution in [0.2, 0.25) is 0 Å². The fourth-order valence-corrected chi connectivity index (χ4v) is 3.80. The summed E-state index contributed by atoms with van der Waals surface area (Å²) in [4.78, 5) is 15.1. The van der Waals surface area contributed by atoms with Gasteiger partial charge in [-0.2, -0.15) is 0 Å². The van der Waals surface area contributed by atoms with E-state index in [-0.39, 0.29) is 29.3 Å². The third-order valence-corrected chi connectivity index (χ3v) is 5.30. The normalized spacial score (nSPS) is 11.1. The molecule has 0 unspecified atom stereocenters. The van der Waals surface area contributed by atoms with Crippen molar-refractivity contribution in [1.29, 1.82) is 0 Å². The summed E-state index contributed by atoms with van der Waals surface area (Å²) in [5, 5.41) is -0.559. The van der Waals surface area contributed by atoms with Gasteiger partial charge in [-0.15, -0.1) is 0 Å². The molecule has 1 heterocycles. The molecule has 0 amide bonds. The van der Waals surface area contributed by atoms with Crippen LogP contribution >= 0.6 is 11.6 Å². The van der Waals surface area contributed by atoms with Crippen LogP contribution in [0, 0.1) is 6.92 Å². The van der Waals surface area contributed by atoms with Crippen LogP contribution in [0.3, 0.4) is 0 Å². The molecule has 0 spiro atoms. The van der Waals surface area contributed by atoms with E-state index < -0.39 is 15.3 Å². The maximum Gasteiger partial charge on any atom is 0.263 e. The SMILES string of the molecule is COc1cc(CCC(=O)Cl)c(S(=O)(=O)Nc2ncccc2C)cc1OC. The molecule has 1 N–H and O–H groups in total. The molecular formula is C17H19ClN2O5S. The number of anilines is 1. The predicted octanol–water partition coefficient (Wildman–Crippen LogP) is 2.91. The van der Waals surface area contributed by atoms with Crippen LogP contribution in [0.5, 0.6) is 11.5 Å². The lowest BCUT2D eigenvalue weighted by Crippen LogP contribution is -2.17. The molecule has 2 aromatic rings. The zero-order valence-electron chi connectivity index (χ0n) is 14.6. The molecule has 0 bridgehead atoms. The van der Waals surface area contributed by atoms with Crippen LogP contribution in [-0.4, -0.2) is 32.9 Å². The fraction of sp³-hybridized carbons (Fsp3) is 0.294. The zero-order valence-corrected chi connectivity index (χ0v) is 16.1. The highest BCUT2D eigenvalue weighted by molar-refractivity contribution is 7.92. The standard InChI is InChI=1S/C17H19ClN2O5S/c1-11-5-4-8-19-17(11)20-26(22,23)15-10-14(25-3)13(24-2)9-12(15)6-7-16(18)21/h4-5,8-10H,6-7H2,1-3H3,(H,19,20). The number of aromatic nitrogens is 1. The molecule has 0 atom stereocenters. The van der Waals surface area contributed by atoms with E-state index in [0.29, 0.717) is 16.9 Å². The minimum absolute atomic E-state index is 0.0117. The van der Waals surface area contributed by atoms with Crippen molar-refractivity contribution >= 4 is 32.7 Å². The van der Waals surface area contributed by atoms with Crippen molar-refractivity contribution in [2.75, 3.05) is 18.9 Å². The first-order valence-electron chi connectivity index (χ1n) is 7.66. The van der Waals surface area contributed by atoms with E-state index >= 15 is 0 Å². The molecule has 140 valence electrons. The Morgan fingerprint density at radius 3 is 2.46 bits per heavy atom. The molecule has 0 radical (unpaired) electrons. The first-order valence-corrected chi connectivity index (χ1v) is 9.52. The van der Waals surface area contributed by atoms with E-state index in [9.17, 15) is 13.2 Å². The van der Waals surface area contributed by atoms with Gasteiger partial charge in [0.15, 0.2) is 11.5 Å². The smallest absolute Gasteiger partial charge is 0.263 e. The Labute approximate surface area is 157 Å². The van der Waals surface area contributed by atoms with Gasteiger partial charge in [-0.25, -0.2) is 13.4 Å². The number of halogens is 1. The van der Waals surface area contributed by atoms with Crippen molar-refractivity contribution in [3.8, 4) is 11.5 Å². The molecular weight excluding hydrogens is 380 g/mol. The van der Waals surface area contributed by atoms with Crippen LogP contribution in [0.1, 0.15) is 17.5 Å². The van der Waals surface area contributed by atoms with E-state index in [2.05, 4.69) is 9.71 Å². The van der Waals surface area contributed by atoms with Gasteiger partial charge in [0, 0.05) is 18.7 Å². The maximum absolute atomic E-state index is 12.9. The molecule has 1 aromatic carbocycles. The average Bonchev–Trinajstić information content (AvgIpc) is 2.60. The van der Waals surface area contributed by atoms with Gasteiger partial charge in [0.1, 0.15) is 5.82 Å². The molecule has 0 aliphatic rings. The first-order chi connectivity index (χ1) is 12.3. The molecule has 0 aliphatic carbocycles. The number of aryl methyl sites for hydroxylation is 2. The van der Waals surface area contributed by atoms with Gasteiger partial charge in [-0.1, -0.05) is 6.07 Å². The Bertz CT molecular complexity index is 915. The zero-order chi connectivity index (χ0) is 19.3. The number of nitrogens with zero attached hydrogens (tertiary/aromatic N) is 1. The summed E-state index contributed by atoms with van der Waals surface area (Å²) in [6, 6.07) is 6.33.